The fourth-order valence-corrected chi connectivity index (χ4v) is 3.38. The van der Waals surface area contributed by atoms with Crippen molar-refractivity contribution >= 4 is 22.9 Å². The summed E-state index contributed by atoms with van der Waals surface area (Å²) in [6.07, 6.45) is 0. The summed E-state index contributed by atoms with van der Waals surface area (Å²) >= 11 is 1.32. The van der Waals surface area contributed by atoms with Crippen LogP contribution in [0.5, 0.6) is 5.75 Å². The predicted octanol–water partition coefficient (Wildman–Crippen LogP) is 4.83. The average molecular weight is 356 g/mol. The first-order chi connectivity index (χ1) is 12.0. The first kappa shape index (κ1) is 17.1. The Balaban J connectivity index is 1.84. The van der Waals surface area contributed by atoms with Crippen molar-refractivity contribution in [3.63, 3.8) is 0 Å². The van der Waals surface area contributed by atoms with Crippen LogP contribution in [0, 0.1) is 19.7 Å². The lowest BCUT2D eigenvalue weighted by Gasteiger charge is -2.07. The van der Waals surface area contributed by atoms with E-state index >= 15 is 0 Å². The van der Waals surface area contributed by atoms with Crippen molar-refractivity contribution < 1.29 is 13.9 Å². The van der Waals surface area contributed by atoms with Crippen LogP contribution in [0.1, 0.15) is 20.9 Å². The highest BCUT2D eigenvalue weighted by atomic mass is 32.1. The number of hydrogen-bond donors (Lipinski definition) is 1. The van der Waals surface area contributed by atoms with Crippen molar-refractivity contribution in [2.24, 2.45) is 0 Å². The normalized spacial score (nSPS) is 10.6. The molecule has 1 N–H and O–H groups in total. The molecule has 4 nitrogen and oxygen atoms in total. The minimum absolute atomic E-state index is 0.246. The van der Waals surface area contributed by atoms with E-state index in [0.717, 1.165) is 16.3 Å². The molecular weight excluding hydrogens is 339 g/mol. The van der Waals surface area contributed by atoms with Gasteiger partial charge in [-0.2, -0.15) is 0 Å². The Labute approximate surface area is 149 Å². The van der Waals surface area contributed by atoms with Crippen LogP contribution in [-0.4, -0.2) is 18.0 Å². The van der Waals surface area contributed by atoms with Crippen LogP contribution in [0.4, 0.5) is 10.1 Å². The van der Waals surface area contributed by atoms with E-state index in [1.807, 2.05) is 24.3 Å². The topological polar surface area (TPSA) is 51.2 Å². The Hall–Kier alpha value is -2.73. The highest BCUT2D eigenvalue weighted by molar-refractivity contribution is 7.17. The van der Waals surface area contributed by atoms with E-state index in [9.17, 15) is 9.18 Å². The minimum atomic E-state index is -0.328. The molecule has 1 heterocycles. The number of rotatable bonds is 4. The molecule has 0 unspecified atom stereocenters. The monoisotopic (exact) mass is 356 g/mol. The number of carbonyl (C=O) groups is 1. The molecule has 6 heteroatoms. The van der Waals surface area contributed by atoms with Crippen molar-refractivity contribution in [2.45, 2.75) is 13.8 Å². The van der Waals surface area contributed by atoms with E-state index in [-0.39, 0.29) is 11.7 Å². The molecule has 0 bridgehead atoms. The first-order valence-electron chi connectivity index (χ1n) is 7.67. The standard InChI is InChI=1S/C19H17FN2O2S/c1-11-10-14(20)6-9-16(11)22-18(23)17-12(2)21-19(25-17)13-4-7-15(24-3)8-5-13/h4-10H,1-3H3,(H,22,23). The molecule has 0 fully saturated rings. The molecule has 128 valence electrons. The summed E-state index contributed by atoms with van der Waals surface area (Å²) < 4.78 is 18.3. The number of anilines is 1. The van der Waals surface area contributed by atoms with Gasteiger partial charge in [0.05, 0.1) is 12.8 Å². The third kappa shape index (κ3) is 3.69. The quantitative estimate of drug-likeness (QED) is 0.729. The highest BCUT2D eigenvalue weighted by Gasteiger charge is 2.17. The maximum atomic E-state index is 13.2. The summed E-state index contributed by atoms with van der Waals surface area (Å²) in [7, 11) is 1.61. The third-order valence-corrected chi connectivity index (χ3v) is 4.98. The van der Waals surface area contributed by atoms with Crippen LogP contribution >= 0.6 is 11.3 Å². The largest absolute Gasteiger partial charge is 0.497 e. The Morgan fingerprint density at radius 3 is 2.52 bits per heavy atom. The van der Waals surface area contributed by atoms with Crippen molar-refractivity contribution in [1.29, 1.82) is 0 Å². The van der Waals surface area contributed by atoms with Gasteiger partial charge in [0.15, 0.2) is 0 Å². The molecule has 2 aromatic carbocycles. The number of carbonyl (C=O) groups excluding carboxylic acids is 1. The molecule has 1 aromatic heterocycles. The van der Waals surface area contributed by atoms with E-state index in [1.165, 1.54) is 23.5 Å². The zero-order chi connectivity index (χ0) is 18.0. The summed E-state index contributed by atoms with van der Waals surface area (Å²) in [5.74, 6) is 0.192. The fourth-order valence-electron chi connectivity index (χ4n) is 2.41. The van der Waals surface area contributed by atoms with Gasteiger partial charge in [0.2, 0.25) is 0 Å². The number of methoxy groups -OCH3 is 1. The molecule has 3 aromatic rings. The average Bonchev–Trinajstić information content (AvgIpc) is 2.99. The number of halogens is 1. The van der Waals surface area contributed by atoms with E-state index in [1.54, 1.807) is 27.0 Å². The van der Waals surface area contributed by atoms with E-state index in [0.29, 0.717) is 21.8 Å². The van der Waals surface area contributed by atoms with E-state index < -0.39 is 0 Å². The molecule has 0 aliphatic rings. The van der Waals surface area contributed by atoms with Crippen LogP contribution in [-0.2, 0) is 0 Å². The highest BCUT2D eigenvalue weighted by Crippen LogP contribution is 2.30. The third-order valence-electron chi connectivity index (χ3n) is 3.78. The lowest BCUT2D eigenvalue weighted by atomic mass is 10.2. The van der Waals surface area contributed by atoms with E-state index in [4.69, 9.17) is 4.74 Å². The van der Waals surface area contributed by atoms with Gasteiger partial charge in [-0.3, -0.25) is 4.79 Å². The van der Waals surface area contributed by atoms with Crippen LogP contribution in [0.3, 0.4) is 0 Å². The second-order valence-corrected chi connectivity index (χ2v) is 6.57. The molecule has 0 aliphatic carbocycles. The van der Waals surface area contributed by atoms with Crippen LogP contribution in [0.15, 0.2) is 42.5 Å². The Morgan fingerprint density at radius 1 is 1.16 bits per heavy atom. The SMILES string of the molecule is COc1ccc(-c2nc(C)c(C(=O)Nc3ccc(F)cc3C)s2)cc1. The van der Waals surface area contributed by atoms with Gasteiger partial charge in [-0.1, -0.05) is 0 Å². The van der Waals surface area contributed by atoms with Gasteiger partial charge in [-0.25, -0.2) is 9.37 Å². The molecule has 0 atom stereocenters. The van der Waals surface area contributed by atoms with Crippen molar-refractivity contribution in [1.82, 2.24) is 4.98 Å². The number of nitrogens with one attached hydrogen (secondary N) is 1. The smallest absolute Gasteiger partial charge is 0.267 e. The molecule has 25 heavy (non-hydrogen) atoms. The number of amides is 1. The van der Waals surface area contributed by atoms with E-state index in [2.05, 4.69) is 10.3 Å². The summed E-state index contributed by atoms with van der Waals surface area (Å²) in [6.45, 7) is 3.55. The number of benzene rings is 2. The zero-order valence-corrected chi connectivity index (χ0v) is 14.9. The number of aromatic nitrogens is 1. The molecule has 0 radical (unpaired) electrons. The van der Waals surface area contributed by atoms with Gasteiger partial charge >= 0.3 is 0 Å². The van der Waals surface area contributed by atoms with Crippen LogP contribution in [0.2, 0.25) is 0 Å². The van der Waals surface area contributed by atoms with Crippen molar-refractivity contribution in [3.8, 4) is 16.3 Å². The maximum absolute atomic E-state index is 13.2. The van der Waals surface area contributed by atoms with Crippen LogP contribution in [0.25, 0.3) is 10.6 Å². The second kappa shape index (κ2) is 7.03. The van der Waals surface area contributed by atoms with Crippen molar-refractivity contribution in [3.05, 3.63) is 64.4 Å². The molecule has 1 amide bonds. The van der Waals surface area contributed by atoms with Gasteiger partial charge in [-0.15, -0.1) is 11.3 Å². The minimum Gasteiger partial charge on any atom is -0.497 e. The molecule has 0 aliphatic heterocycles. The number of hydrogen-bond acceptors (Lipinski definition) is 4. The lowest BCUT2D eigenvalue weighted by Crippen LogP contribution is -2.12. The van der Waals surface area contributed by atoms with Gasteiger partial charge in [-0.05, 0) is 61.9 Å². The zero-order valence-electron chi connectivity index (χ0n) is 14.1. The maximum Gasteiger partial charge on any atom is 0.267 e. The summed E-state index contributed by atoms with van der Waals surface area (Å²) in [5.41, 5.74) is 2.84. The number of thiazole rings is 1. The predicted molar refractivity (Wildman–Crippen MR) is 97.9 cm³/mol. The van der Waals surface area contributed by atoms with Gasteiger partial charge in [0.1, 0.15) is 21.5 Å². The molecular formula is C19H17FN2O2S. The Morgan fingerprint density at radius 2 is 1.88 bits per heavy atom. The second-order valence-electron chi connectivity index (χ2n) is 5.58. The summed E-state index contributed by atoms with van der Waals surface area (Å²) in [5, 5.41) is 3.59. The molecule has 0 saturated carbocycles. The molecule has 0 spiro atoms. The Kier molecular flexibility index (Phi) is 4.81. The van der Waals surface area contributed by atoms with Gasteiger partial charge in [0.25, 0.3) is 5.91 Å². The number of nitrogens with zero attached hydrogens (tertiary/aromatic N) is 1. The lowest BCUT2D eigenvalue weighted by molar-refractivity contribution is 0.102. The Bertz CT molecular complexity index is 920. The molecule has 3 rings (SSSR count). The first-order valence-corrected chi connectivity index (χ1v) is 8.49. The number of ether oxygens (including phenoxy) is 1. The van der Waals surface area contributed by atoms with Gasteiger partial charge in [0, 0.05) is 11.3 Å². The van der Waals surface area contributed by atoms with Crippen molar-refractivity contribution in [2.75, 3.05) is 12.4 Å². The number of aryl methyl sites for hydroxylation is 2. The van der Waals surface area contributed by atoms with Crippen LogP contribution < -0.4 is 10.1 Å². The summed E-state index contributed by atoms with van der Waals surface area (Å²) in [6, 6.07) is 11.8. The fraction of sp³-hybridized carbons (Fsp3) is 0.158. The molecule has 0 saturated heterocycles. The summed E-state index contributed by atoms with van der Waals surface area (Å²) in [4.78, 5) is 17.6. The van der Waals surface area contributed by atoms with Gasteiger partial charge < -0.3 is 10.1 Å².